The Labute approximate surface area is 120 Å². The molecule has 9 nitrogen and oxygen atoms in total. The average molecular weight is 295 g/mol. The molecule has 4 atom stereocenters. The second-order valence-electron chi connectivity index (χ2n) is 4.79. The second kappa shape index (κ2) is 5.53. The van der Waals surface area contributed by atoms with E-state index in [2.05, 4.69) is 15.0 Å². The lowest BCUT2D eigenvalue weighted by atomic mass is 10.1. The topological polar surface area (TPSA) is 118 Å². The van der Waals surface area contributed by atoms with Crippen molar-refractivity contribution in [2.45, 2.75) is 24.5 Å². The molecule has 2 aromatic rings. The van der Waals surface area contributed by atoms with Crippen LogP contribution in [-0.2, 0) is 14.2 Å². The third-order valence-corrected chi connectivity index (χ3v) is 3.57. The number of imidazole rings is 1. The van der Waals surface area contributed by atoms with E-state index in [9.17, 15) is 5.11 Å². The van der Waals surface area contributed by atoms with Gasteiger partial charge in [-0.25, -0.2) is 15.0 Å². The summed E-state index contributed by atoms with van der Waals surface area (Å²) < 4.78 is 17.9. The van der Waals surface area contributed by atoms with Crippen LogP contribution in [0.2, 0.25) is 0 Å². The maximum Gasteiger partial charge on any atom is 0.167 e. The van der Waals surface area contributed by atoms with Crippen LogP contribution >= 0.6 is 0 Å². The summed E-state index contributed by atoms with van der Waals surface area (Å²) in [7, 11) is 3.09. The van der Waals surface area contributed by atoms with Gasteiger partial charge in [0.05, 0.1) is 12.9 Å². The lowest BCUT2D eigenvalue weighted by molar-refractivity contribution is -0.0612. The van der Waals surface area contributed by atoms with Gasteiger partial charge in [-0.1, -0.05) is 0 Å². The largest absolute Gasteiger partial charge is 0.386 e. The van der Waals surface area contributed by atoms with Gasteiger partial charge in [0, 0.05) is 14.2 Å². The summed E-state index contributed by atoms with van der Waals surface area (Å²) in [5.74, 6) is 0.281. The molecule has 1 aliphatic rings. The predicted molar refractivity (Wildman–Crippen MR) is 72.3 cm³/mol. The SMILES string of the molecule is COC[C@H]1OC(n2cnc3c(N)ncnc32)[C@H](O)[C@@H]1OC. The molecular weight excluding hydrogens is 278 g/mol. The van der Waals surface area contributed by atoms with Gasteiger partial charge >= 0.3 is 0 Å². The van der Waals surface area contributed by atoms with E-state index in [0.29, 0.717) is 17.8 Å². The number of fused-ring (bicyclic) bond motifs is 1. The Morgan fingerprint density at radius 2 is 2.19 bits per heavy atom. The standard InChI is InChI=1S/C12H17N5O4/c1-19-3-6-9(20-2)8(18)12(21-6)17-5-16-7-10(13)14-4-15-11(7)17/h4-6,8-9,12,18H,3H2,1-2H3,(H2,13,14,15)/t6-,8-,9-,12?/m1/s1. The normalized spacial score (nSPS) is 29.3. The van der Waals surface area contributed by atoms with Gasteiger partial charge in [-0.15, -0.1) is 0 Å². The number of ether oxygens (including phenoxy) is 3. The van der Waals surface area contributed by atoms with Gasteiger partial charge in [-0.3, -0.25) is 4.57 Å². The number of hydrogen-bond donors (Lipinski definition) is 2. The van der Waals surface area contributed by atoms with Crippen LogP contribution in [0.5, 0.6) is 0 Å². The van der Waals surface area contributed by atoms with E-state index in [1.807, 2.05) is 0 Å². The highest BCUT2D eigenvalue weighted by atomic mass is 16.6. The number of methoxy groups -OCH3 is 2. The van der Waals surface area contributed by atoms with Gasteiger partial charge in [-0.2, -0.15) is 0 Å². The van der Waals surface area contributed by atoms with Crippen LogP contribution in [0.1, 0.15) is 6.23 Å². The number of aromatic nitrogens is 4. The molecule has 21 heavy (non-hydrogen) atoms. The number of hydrogen-bond acceptors (Lipinski definition) is 8. The van der Waals surface area contributed by atoms with Crippen LogP contribution in [0, 0.1) is 0 Å². The molecule has 3 heterocycles. The van der Waals surface area contributed by atoms with E-state index in [4.69, 9.17) is 19.9 Å². The van der Waals surface area contributed by atoms with Crippen LogP contribution in [0.4, 0.5) is 5.82 Å². The highest BCUT2D eigenvalue weighted by Gasteiger charge is 2.45. The van der Waals surface area contributed by atoms with Crippen molar-refractivity contribution < 1.29 is 19.3 Å². The molecule has 114 valence electrons. The molecule has 0 bridgehead atoms. The Morgan fingerprint density at radius 3 is 2.90 bits per heavy atom. The summed E-state index contributed by atoms with van der Waals surface area (Å²) >= 11 is 0. The maximum absolute atomic E-state index is 10.4. The van der Waals surface area contributed by atoms with Crippen LogP contribution < -0.4 is 5.73 Å². The third kappa shape index (κ3) is 2.23. The molecule has 0 radical (unpaired) electrons. The number of aliphatic hydroxyl groups is 1. The Kier molecular flexibility index (Phi) is 3.72. The van der Waals surface area contributed by atoms with Crippen molar-refractivity contribution in [3.8, 4) is 0 Å². The minimum atomic E-state index is -0.872. The first-order valence-corrected chi connectivity index (χ1v) is 6.45. The number of anilines is 1. The molecular formula is C12H17N5O4. The predicted octanol–water partition coefficient (Wildman–Crippen LogP) is -0.672. The zero-order valence-electron chi connectivity index (χ0n) is 11.7. The fourth-order valence-corrected chi connectivity index (χ4v) is 2.60. The Morgan fingerprint density at radius 1 is 1.38 bits per heavy atom. The molecule has 0 amide bonds. The van der Waals surface area contributed by atoms with Crippen molar-refractivity contribution in [2.24, 2.45) is 0 Å². The first-order chi connectivity index (χ1) is 10.2. The van der Waals surface area contributed by atoms with Crippen molar-refractivity contribution in [1.82, 2.24) is 19.5 Å². The van der Waals surface area contributed by atoms with Gasteiger partial charge in [0.2, 0.25) is 0 Å². The summed E-state index contributed by atoms with van der Waals surface area (Å²) in [5, 5.41) is 10.4. The van der Waals surface area contributed by atoms with Crippen molar-refractivity contribution in [3.05, 3.63) is 12.7 Å². The third-order valence-electron chi connectivity index (χ3n) is 3.57. The van der Waals surface area contributed by atoms with E-state index in [1.54, 1.807) is 11.7 Å². The summed E-state index contributed by atoms with van der Waals surface area (Å²) in [4.78, 5) is 12.2. The number of aliphatic hydroxyl groups excluding tert-OH is 1. The van der Waals surface area contributed by atoms with Crippen LogP contribution in [0.3, 0.4) is 0 Å². The summed E-state index contributed by atoms with van der Waals surface area (Å²) in [6.45, 7) is 0.315. The van der Waals surface area contributed by atoms with Gasteiger partial charge in [0.25, 0.3) is 0 Å². The first-order valence-electron chi connectivity index (χ1n) is 6.45. The monoisotopic (exact) mass is 295 g/mol. The minimum absolute atomic E-state index is 0.281. The number of rotatable bonds is 4. The molecule has 1 aliphatic heterocycles. The van der Waals surface area contributed by atoms with Gasteiger partial charge in [-0.05, 0) is 0 Å². The van der Waals surface area contributed by atoms with E-state index in [0.717, 1.165) is 0 Å². The lowest BCUT2D eigenvalue weighted by Gasteiger charge is -2.18. The molecule has 0 saturated carbocycles. The van der Waals surface area contributed by atoms with E-state index < -0.39 is 18.4 Å². The van der Waals surface area contributed by atoms with Gasteiger partial charge in [0.1, 0.15) is 30.2 Å². The van der Waals surface area contributed by atoms with Crippen molar-refractivity contribution in [3.63, 3.8) is 0 Å². The summed E-state index contributed by atoms with van der Waals surface area (Å²) in [6.07, 6.45) is 0.449. The van der Waals surface area contributed by atoms with Crippen LogP contribution in [-0.4, -0.2) is 63.8 Å². The summed E-state index contributed by atoms with van der Waals surface area (Å²) in [5.41, 5.74) is 6.73. The Bertz CT molecular complexity index is 633. The van der Waals surface area contributed by atoms with Gasteiger partial charge in [0.15, 0.2) is 17.7 Å². The zero-order valence-corrected chi connectivity index (χ0v) is 11.7. The highest BCUT2D eigenvalue weighted by molar-refractivity contribution is 5.81. The molecule has 2 aromatic heterocycles. The minimum Gasteiger partial charge on any atom is -0.386 e. The smallest absolute Gasteiger partial charge is 0.167 e. The maximum atomic E-state index is 10.4. The molecule has 1 fully saturated rings. The fraction of sp³-hybridized carbons (Fsp3) is 0.583. The van der Waals surface area contributed by atoms with Crippen molar-refractivity contribution >= 4 is 17.0 Å². The quantitative estimate of drug-likeness (QED) is 0.762. The lowest BCUT2D eigenvalue weighted by Crippen LogP contribution is -2.35. The van der Waals surface area contributed by atoms with Gasteiger partial charge < -0.3 is 25.1 Å². The molecule has 1 unspecified atom stereocenters. The average Bonchev–Trinajstić information content (AvgIpc) is 3.02. The molecule has 9 heteroatoms. The van der Waals surface area contributed by atoms with E-state index in [-0.39, 0.29) is 11.9 Å². The van der Waals surface area contributed by atoms with E-state index >= 15 is 0 Å². The molecule has 0 aliphatic carbocycles. The van der Waals surface area contributed by atoms with Crippen LogP contribution in [0.25, 0.3) is 11.2 Å². The molecule has 1 saturated heterocycles. The van der Waals surface area contributed by atoms with Crippen molar-refractivity contribution in [1.29, 1.82) is 0 Å². The highest BCUT2D eigenvalue weighted by Crippen LogP contribution is 2.33. The Balaban J connectivity index is 1.97. The molecule has 0 aromatic carbocycles. The fourth-order valence-electron chi connectivity index (χ4n) is 2.60. The number of nitrogen functional groups attached to an aromatic ring is 1. The molecule has 3 N–H and O–H groups in total. The van der Waals surface area contributed by atoms with E-state index in [1.165, 1.54) is 19.8 Å². The zero-order chi connectivity index (χ0) is 15.0. The molecule has 0 spiro atoms. The second-order valence-corrected chi connectivity index (χ2v) is 4.79. The number of nitrogens with two attached hydrogens (primary N) is 1. The molecule has 3 rings (SSSR count). The van der Waals surface area contributed by atoms with Crippen molar-refractivity contribution in [2.75, 3.05) is 26.6 Å². The Hall–Kier alpha value is -1.81. The summed E-state index contributed by atoms with van der Waals surface area (Å²) in [6, 6.07) is 0. The number of nitrogens with zero attached hydrogens (tertiary/aromatic N) is 4. The van der Waals surface area contributed by atoms with Crippen LogP contribution in [0.15, 0.2) is 12.7 Å². The first kappa shape index (κ1) is 14.1.